The summed E-state index contributed by atoms with van der Waals surface area (Å²) >= 11 is 0. The Morgan fingerprint density at radius 2 is 1.64 bits per heavy atom. The number of carbonyl (C=O) groups is 2. The maximum atomic E-state index is 13.6. The first-order valence-corrected chi connectivity index (χ1v) is 10.5. The molecule has 0 spiro atoms. The maximum Gasteiger partial charge on any atom is 0.295 e. The number of ketones is 1. The SMILES string of the molecule is O=C1C(=O)N(Cc2ccccc2)[C@@H](c2ccc(F)cc2)C1=C(O)c1ccc2c(c1)OCCO2. The number of likely N-dealkylation sites (tertiary alicyclic amines) is 1. The number of amides is 1. The predicted molar refractivity (Wildman–Crippen MR) is 118 cm³/mol. The molecule has 0 saturated carbocycles. The molecule has 1 N–H and O–H groups in total. The maximum absolute atomic E-state index is 13.6. The zero-order chi connectivity index (χ0) is 22.9. The second-order valence-corrected chi connectivity index (χ2v) is 7.82. The molecule has 166 valence electrons. The molecule has 5 rings (SSSR count). The first kappa shape index (κ1) is 20.8. The third kappa shape index (κ3) is 3.82. The van der Waals surface area contributed by atoms with Crippen molar-refractivity contribution in [1.29, 1.82) is 0 Å². The normalized spacial score (nSPS) is 19.1. The van der Waals surface area contributed by atoms with Crippen molar-refractivity contribution in [1.82, 2.24) is 4.90 Å². The molecule has 1 atom stereocenters. The van der Waals surface area contributed by atoms with Crippen LogP contribution in [0.1, 0.15) is 22.7 Å². The van der Waals surface area contributed by atoms with Crippen LogP contribution in [0.2, 0.25) is 0 Å². The van der Waals surface area contributed by atoms with E-state index in [1.807, 2.05) is 30.3 Å². The van der Waals surface area contributed by atoms with Crippen LogP contribution in [0.4, 0.5) is 4.39 Å². The van der Waals surface area contributed by atoms with Crippen LogP contribution < -0.4 is 9.47 Å². The molecule has 1 saturated heterocycles. The Bertz CT molecular complexity index is 1250. The van der Waals surface area contributed by atoms with Gasteiger partial charge >= 0.3 is 0 Å². The van der Waals surface area contributed by atoms with E-state index in [9.17, 15) is 19.1 Å². The molecule has 3 aromatic rings. The van der Waals surface area contributed by atoms with Crippen molar-refractivity contribution < 1.29 is 28.6 Å². The first-order chi connectivity index (χ1) is 16.0. The summed E-state index contributed by atoms with van der Waals surface area (Å²) in [6, 6.07) is 18.8. The molecule has 1 amide bonds. The van der Waals surface area contributed by atoms with E-state index in [4.69, 9.17) is 9.47 Å². The highest BCUT2D eigenvalue weighted by atomic mass is 19.1. The Labute approximate surface area is 189 Å². The fourth-order valence-electron chi connectivity index (χ4n) is 4.16. The van der Waals surface area contributed by atoms with Crippen LogP contribution in [0.3, 0.4) is 0 Å². The van der Waals surface area contributed by atoms with Gasteiger partial charge in [0.25, 0.3) is 11.7 Å². The van der Waals surface area contributed by atoms with E-state index < -0.39 is 23.5 Å². The summed E-state index contributed by atoms with van der Waals surface area (Å²) in [5.41, 5.74) is 1.61. The van der Waals surface area contributed by atoms with Crippen molar-refractivity contribution in [2.75, 3.05) is 13.2 Å². The largest absolute Gasteiger partial charge is 0.507 e. The van der Waals surface area contributed by atoms with Gasteiger partial charge in [0.2, 0.25) is 0 Å². The number of aliphatic hydroxyl groups is 1. The molecule has 7 heteroatoms. The fraction of sp³-hybridized carbons (Fsp3) is 0.154. The second-order valence-electron chi connectivity index (χ2n) is 7.82. The molecule has 0 aliphatic carbocycles. The van der Waals surface area contributed by atoms with E-state index in [2.05, 4.69) is 0 Å². The smallest absolute Gasteiger partial charge is 0.295 e. The Balaban J connectivity index is 1.63. The Hall–Kier alpha value is -4.13. The van der Waals surface area contributed by atoms with Crippen LogP contribution in [0, 0.1) is 5.82 Å². The second kappa shape index (κ2) is 8.43. The van der Waals surface area contributed by atoms with E-state index in [1.165, 1.54) is 29.2 Å². The number of hydrogen-bond donors (Lipinski definition) is 1. The number of Topliss-reactive ketones (excluding diaryl/α,β-unsaturated/α-hetero) is 1. The quantitative estimate of drug-likeness (QED) is 0.370. The minimum atomic E-state index is -0.876. The zero-order valence-electron chi connectivity index (χ0n) is 17.5. The van der Waals surface area contributed by atoms with Crippen LogP contribution in [0.5, 0.6) is 11.5 Å². The summed E-state index contributed by atoms with van der Waals surface area (Å²) in [6.07, 6.45) is 0. The van der Waals surface area contributed by atoms with Gasteiger partial charge in [-0.1, -0.05) is 42.5 Å². The number of nitrogens with zero attached hydrogens (tertiary/aromatic N) is 1. The lowest BCUT2D eigenvalue weighted by molar-refractivity contribution is -0.140. The van der Waals surface area contributed by atoms with E-state index in [0.717, 1.165) is 5.56 Å². The molecular weight excluding hydrogens is 425 g/mol. The lowest BCUT2D eigenvalue weighted by Gasteiger charge is -2.25. The van der Waals surface area contributed by atoms with Crippen molar-refractivity contribution in [3.05, 3.63) is 101 Å². The number of rotatable bonds is 4. The average Bonchev–Trinajstić information content (AvgIpc) is 3.09. The van der Waals surface area contributed by atoms with Gasteiger partial charge < -0.3 is 19.5 Å². The van der Waals surface area contributed by atoms with Crippen LogP contribution in [0.15, 0.2) is 78.4 Å². The Morgan fingerprint density at radius 1 is 0.939 bits per heavy atom. The van der Waals surface area contributed by atoms with E-state index in [-0.39, 0.29) is 17.9 Å². The molecule has 2 aliphatic rings. The molecule has 2 heterocycles. The summed E-state index contributed by atoms with van der Waals surface area (Å²) in [6.45, 7) is 0.952. The molecular formula is C26H20FNO5. The Morgan fingerprint density at radius 3 is 2.36 bits per heavy atom. The monoisotopic (exact) mass is 445 g/mol. The van der Waals surface area contributed by atoms with Crippen LogP contribution in [-0.2, 0) is 16.1 Å². The number of aliphatic hydroxyl groups excluding tert-OH is 1. The lowest BCUT2D eigenvalue weighted by atomic mass is 9.95. The first-order valence-electron chi connectivity index (χ1n) is 10.5. The van der Waals surface area contributed by atoms with Gasteiger partial charge in [0.1, 0.15) is 24.8 Å². The summed E-state index contributed by atoms with van der Waals surface area (Å²) < 4.78 is 24.7. The summed E-state index contributed by atoms with van der Waals surface area (Å²) in [7, 11) is 0. The third-order valence-corrected chi connectivity index (χ3v) is 5.74. The van der Waals surface area contributed by atoms with Gasteiger partial charge in [-0.05, 0) is 41.5 Å². The van der Waals surface area contributed by atoms with E-state index in [0.29, 0.717) is 35.8 Å². The van der Waals surface area contributed by atoms with Crippen molar-refractivity contribution >= 4 is 17.4 Å². The molecule has 2 aliphatic heterocycles. The highest BCUT2D eigenvalue weighted by molar-refractivity contribution is 6.46. The molecule has 33 heavy (non-hydrogen) atoms. The summed E-state index contributed by atoms with van der Waals surface area (Å²) in [5, 5.41) is 11.2. The minimum absolute atomic E-state index is 0.0563. The topological polar surface area (TPSA) is 76.1 Å². The number of benzene rings is 3. The average molecular weight is 445 g/mol. The zero-order valence-corrected chi connectivity index (χ0v) is 17.5. The minimum Gasteiger partial charge on any atom is -0.507 e. The molecule has 0 radical (unpaired) electrons. The van der Waals surface area contributed by atoms with Gasteiger partial charge in [0, 0.05) is 12.1 Å². The lowest BCUT2D eigenvalue weighted by Crippen LogP contribution is -2.29. The van der Waals surface area contributed by atoms with Crippen LogP contribution in [-0.4, -0.2) is 34.9 Å². The van der Waals surface area contributed by atoms with Gasteiger partial charge in [0.05, 0.1) is 11.6 Å². The van der Waals surface area contributed by atoms with Gasteiger partial charge in [-0.15, -0.1) is 0 Å². The molecule has 0 aromatic heterocycles. The molecule has 0 bridgehead atoms. The third-order valence-electron chi connectivity index (χ3n) is 5.74. The number of fused-ring (bicyclic) bond motifs is 1. The van der Waals surface area contributed by atoms with Crippen molar-refractivity contribution in [2.45, 2.75) is 12.6 Å². The standard InChI is InChI=1S/C26H20FNO5/c27-19-9-6-17(7-10-19)23-22(24(29)18-8-11-20-21(14-18)33-13-12-32-20)25(30)26(31)28(23)15-16-4-2-1-3-5-16/h1-11,14,23,29H,12-13,15H2/t23-/m0/s1. The Kier molecular flexibility index (Phi) is 5.30. The van der Waals surface area contributed by atoms with Gasteiger partial charge in [-0.2, -0.15) is 0 Å². The van der Waals surface area contributed by atoms with Gasteiger partial charge in [0.15, 0.2) is 11.5 Å². The number of ether oxygens (including phenoxy) is 2. The number of carbonyl (C=O) groups excluding carboxylic acids is 2. The number of hydrogen-bond acceptors (Lipinski definition) is 5. The predicted octanol–water partition coefficient (Wildman–Crippen LogP) is 4.22. The van der Waals surface area contributed by atoms with Crippen molar-refractivity contribution in [3.8, 4) is 11.5 Å². The molecule has 6 nitrogen and oxygen atoms in total. The molecule has 1 fully saturated rings. The van der Waals surface area contributed by atoms with Crippen molar-refractivity contribution in [3.63, 3.8) is 0 Å². The van der Waals surface area contributed by atoms with E-state index >= 15 is 0 Å². The van der Waals surface area contributed by atoms with Crippen LogP contribution in [0.25, 0.3) is 5.76 Å². The van der Waals surface area contributed by atoms with Crippen molar-refractivity contribution in [2.24, 2.45) is 0 Å². The number of halogens is 1. The summed E-state index contributed by atoms with van der Waals surface area (Å²) in [4.78, 5) is 27.6. The van der Waals surface area contributed by atoms with Gasteiger partial charge in [-0.3, -0.25) is 9.59 Å². The van der Waals surface area contributed by atoms with Gasteiger partial charge in [-0.25, -0.2) is 4.39 Å². The molecule has 3 aromatic carbocycles. The fourth-order valence-corrected chi connectivity index (χ4v) is 4.16. The highest BCUT2D eigenvalue weighted by Gasteiger charge is 2.46. The summed E-state index contributed by atoms with van der Waals surface area (Å²) in [5.74, 6) is -1.31. The van der Waals surface area contributed by atoms with E-state index in [1.54, 1.807) is 18.2 Å². The highest BCUT2D eigenvalue weighted by Crippen LogP contribution is 2.41. The molecule has 0 unspecified atom stereocenters. The van der Waals surface area contributed by atoms with Crippen LogP contribution >= 0.6 is 0 Å².